The Kier molecular flexibility index (Phi) is 4.58. The lowest BCUT2D eigenvalue weighted by Crippen LogP contribution is -2.56. The van der Waals surface area contributed by atoms with Gasteiger partial charge in [0.05, 0.1) is 30.1 Å². The number of carbonyl (C=O) groups excluding carboxylic acids is 2. The van der Waals surface area contributed by atoms with Crippen LogP contribution in [0.3, 0.4) is 0 Å². The van der Waals surface area contributed by atoms with Gasteiger partial charge in [-0.1, -0.05) is 0 Å². The standard InChI is InChI=1S/C18H24N4O5S/c1-20-5-6-21(9-16(20)23)17(24)18-11-22(8-13(18)10-27-12-18)15-4-3-14(7-19-15)28(2,25)26/h3-4,7,13H,5-6,8-12H2,1-2H3/t13-,18-/m0/s1. The van der Waals surface area contributed by atoms with E-state index in [-0.39, 0.29) is 29.2 Å². The van der Waals surface area contributed by atoms with Crippen molar-refractivity contribution in [2.45, 2.75) is 4.90 Å². The van der Waals surface area contributed by atoms with Crippen molar-refractivity contribution in [1.29, 1.82) is 0 Å². The lowest BCUT2D eigenvalue weighted by Gasteiger charge is -2.37. The number of likely N-dealkylation sites (N-methyl/N-ethyl adjacent to an activating group) is 1. The topological polar surface area (TPSA) is 100 Å². The van der Waals surface area contributed by atoms with Gasteiger partial charge in [-0.2, -0.15) is 0 Å². The quantitative estimate of drug-likeness (QED) is 0.648. The number of amides is 2. The van der Waals surface area contributed by atoms with Crippen LogP contribution in [-0.4, -0.2) is 94.3 Å². The first kappa shape index (κ1) is 19.1. The molecule has 2 atom stereocenters. The van der Waals surface area contributed by atoms with Crippen LogP contribution in [-0.2, 0) is 24.2 Å². The Morgan fingerprint density at radius 1 is 1.32 bits per heavy atom. The third kappa shape index (κ3) is 3.14. The van der Waals surface area contributed by atoms with E-state index >= 15 is 0 Å². The Hall–Kier alpha value is -2.20. The second kappa shape index (κ2) is 6.70. The molecule has 3 aliphatic rings. The third-order valence-corrected chi connectivity index (χ3v) is 7.11. The molecule has 0 aliphatic carbocycles. The van der Waals surface area contributed by atoms with E-state index in [0.29, 0.717) is 45.2 Å². The molecule has 9 nitrogen and oxygen atoms in total. The Balaban J connectivity index is 1.55. The van der Waals surface area contributed by atoms with Gasteiger partial charge in [0.2, 0.25) is 11.8 Å². The first-order valence-corrected chi connectivity index (χ1v) is 11.1. The highest BCUT2D eigenvalue weighted by Crippen LogP contribution is 2.44. The molecule has 0 N–H and O–H groups in total. The van der Waals surface area contributed by atoms with Crippen LogP contribution >= 0.6 is 0 Å². The van der Waals surface area contributed by atoms with Gasteiger partial charge in [-0.25, -0.2) is 13.4 Å². The van der Waals surface area contributed by atoms with Crippen molar-refractivity contribution in [3.05, 3.63) is 18.3 Å². The number of hydrogen-bond donors (Lipinski definition) is 0. The van der Waals surface area contributed by atoms with Crippen molar-refractivity contribution in [2.24, 2.45) is 11.3 Å². The molecule has 0 saturated carbocycles. The lowest BCUT2D eigenvalue weighted by atomic mass is 9.79. The maximum Gasteiger partial charge on any atom is 0.241 e. The molecular formula is C18H24N4O5S. The molecule has 28 heavy (non-hydrogen) atoms. The lowest BCUT2D eigenvalue weighted by molar-refractivity contribution is -0.151. The van der Waals surface area contributed by atoms with Gasteiger partial charge in [0.25, 0.3) is 0 Å². The van der Waals surface area contributed by atoms with Crippen molar-refractivity contribution in [3.8, 4) is 0 Å². The number of nitrogens with zero attached hydrogens (tertiary/aromatic N) is 4. The minimum atomic E-state index is -3.31. The smallest absolute Gasteiger partial charge is 0.241 e. The number of ether oxygens (including phenoxy) is 1. The number of hydrogen-bond acceptors (Lipinski definition) is 7. The number of carbonyl (C=O) groups is 2. The first-order valence-electron chi connectivity index (χ1n) is 9.23. The summed E-state index contributed by atoms with van der Waals surface area (Å²) in [4.78, 5) is 35.2. The molecule has 3 saturated heterocycles. The van der Waals surface area contributed by atoms with E-state index in [4.69, 9.17) is 4.74 Å². The average molecular weight is 408 g/mol. The van der Waals surface area contributed by atoms with Gasteiger partial charge in [0.1, 0.15) is 5.82 Å². The van der Waals surface area contributed by atoms with Crippen LogP contribution in [0.5, 0.6) is 0 Å². The van der Waals surface area contributed by atoms with Gasteiger partial charge in [-0.15, -0.1) is 0 Å². The largest absolute Gasteiger partial charge is 0.380 e. The fraction of sp³-hybridized carbons (Fsp3) is 0.611. The Labute approximate surface area is 164 Å². The minimum Gasteiger partial charge on any atom is -0.380 e. The molecule has 0 bridgehead atoms. The van der Waals surface area contributed by atoms with Gasteiger partial charge in [0, 0.05) is 51.6 Å². The van der Waals surface area contributed by atoms with Crippen LogP contribution in [0.25, 0.3) is 0 Å². The summed E-state index contributed by atoms with van der Waals surface area (Å²) in [5.41, 5.74) is -0.687. The van der Waals surface area contributed by atoms with Crippen LogP contribution in [0.15, 0.2) is 23.2 Å². The summed E-state index contributed by atoms with van der Waals surface area (Å²) in [6.45, 7) is 3.04. The zero-order chi connectivity index (χ0) is 20.1. The summed E-state index contributed by atoms with van der Waals surface area (Å²) < 4.78 is 28.9. The molecule has 0 unspecified atom stereocenters. The molecule has 0 radical (unpaired) electrons. The van der Waals surface area contributed by atoms with E-state index < -0.39 is 15.3 Å². The van der Waals surface area contributed by atoms with Crippen LogP contribution in [0.1, 0.15) is 0 Å². The van der Waals surface area contributed by atoms with Gasteiger partial charge in [0.15, 0.2) is 9.84 Å². The van der Waals surface area contributed by atoms with Crippen molar-refractivity contribution in [3.63, 3.8) is 0 Å². The summed E-state index contributed by atoms with van der Waals surface area (Å²) in [5.74, 6) is 0.570. The number of rotatable bonds is 3. The molecule has 4 rings (SSSR count). The Morgan fingerprint density at radius 2 is 2.11 bits per heavy atom. The summed E-state index contributed by atoms with van der Waals surface area (Å²) in [5, 5.41) is 0. The molecule has 4 heterocycles. The molecule has 2 amide bonds. The van der Waals surface area contributed by atoms with E-state index in [1.165, 1.54) is 12.3 Å². The second-order valence-corrected chi connectivity index (χ2v) is 9.93. The average Bonchev–Trinajstić information content (AvgIpc) is 3.21. The monoisotopic (exact) mass is 408 g/mol. The normalized spacial score (nSPS) is 28.0. The second-order valence-electron chi connectivity index (χ2n) is 7.91. The summed E-state index contributed by atoms with van der Waals surface area (Å²) in [7, 11) is -1.56. The van der Waals surface area contributed by atoms with Gasteiger partial charge >= 0.3 is 0 Å². The van der Waals surface area contributed by atoms with Crippen molar-refractivity contribution in [1.82, 2.24) is 14.8 Å². The van der Waals surface area contributed by atoms with Crippen LogP contribution in [0.2, 0.25) is 0 Å². The van der Waals surface area contributed by atoms with E-state index in [1.807, 2.05) is 4.90 Å². The maximum absolute atomic E-state index is 13.4. The zero-order valence-electron chi connectivity index (χ0n) is 16.0. The third-order valence-electron chi connectivity index (χ3n) is 6.02. The first-order chi connectivity index (χ1) is 13.2. The van der Waals surface area contributed by atoms with Crippen molar-refractivity contribution in [2.75, 3.05) is 64.1 Å². The molecule has 10 heteroatoms. The molecule has 0 aromatic carbocycles. The molecular weight excluding hydrogens is 384 g/mol. The number of anilines is 1. The number of fused-ring (bicyclic) bond motifs is 1. The van der Waals surface area contributed by atoms with E-state index in [9.17, 15) is 18.0 Å². The van der Waals surface area contributed by atoms with Crippen molar-refractivity contribution >= 4 is 27.5 Å². The molecule has 1 aromatic rings. The maximum atomic E-state index is 13.4. The molecule has 3 fully saturated rings. The molecule has 3 aliphatic heterocycles. The SMILES string of the molecule is CN1CCN(C(=O)[C@@]23COC[C@@H]2CN(c2ccc(S(C)(=O)=O)cn2)C3)CC1=O. The van der Waals surface area contributed by atoms with Crippen LogP contribution in [0.4, 0.5) is 5.82 Å². The number of piperazine rings is 1. The van der Waals surface area contributed by atoms with Gasteiger partial charge in [-0.3, -0.25) is 9.59 Å². The Bertz CT molecular complexity index is 903. The predicted molar refractivity (Wildman–Crippen MR) is 101 cm³/mol. The zero-order valence-corrected chi connectivity index (χ0v) is 16.8. The predicted octanol–water partition coefficient (Wildman–Crippen LogP) is -0.761. The highest BCUT2D eigenvalue weighted by atomic mass is 32.2. The van der Waals surface area contributed by atoms with Crippen LogP contribution in [0, 0.1) is 11.3 Å². The summed E-state index contributed by atoms with van der Waals surface area (Å²) >= 11 is 0. The van der Waals surface area contributed by atoms with E-state index in [1.54, 1.807) is 22.9 Å². The highest BCUT2D eigenvalue weighted by Gasteiger charge is 2.57. The number of aromatic nitrogens is 1. The number of pyridine rings is 1. The van der Waals surface area contributed by atoms with E-state index in [2.05, 4.69) is 4.98 Å². The van der Waals surface area contributed by atoms with Crippen LogP contribution < -0.4 is 4.90 Å². The summed E-state index contributed by atoms with van der Waals surface area (Å²) in [6.07, 6.45) is 2.50. The molecule has 152 valence electrons. The number of sulfone groups is 1. The fourth-order valence-electron chi connectivity index (χ4n) is 4.24. The molecule has 1 aromatic heterocycles. The summed E-state index contributed by atoms with van der Waals surface area (Å²) in [6, 6.07) is 3.21. The van der Waals surface area contributed by atoms with Crippen molar-refractivity contribution < 1.29 is 22.7 Å². The van der Waals surface area contributed by atoms with Gasteiger partial charge < -0.3 is 19.4 Å². The highest BCUT2D eigenvalue weighted by molar-refractivity contribution is 7.90. The van der Waals surface area contributed by atoms with Gasteiger partial charge in [-0.05, 0) is 12.1 Å². The minimum absolute atomic E-state index is 0.0196. The Morgan fingerprint density at radius 3 is 2.75 bits per heavy atom. The molecule has 0 spiro atoms. The fourth-order valence-corrected chi connectivity index (χ4v) is 4.80. The van der Waals surface area contributed by atoms with E-state index in [0.717, 1.165) is 6.26 Å².